The minimum atomic E-state index is -5.02. The molecule has 1 atom stereocenters. The number of amides is 3. The zero-order chi connectivity index (χ0) is 21.9. The van der Waals surface area contributed by atoms with Crippen molar-refractivity contribution in [1.29, 1.82) is 5.26 Å². The summed E-state index contributed by atoms with van der Waals surface area (Å²) in [5, 5.41) is 12.0. The van der Waals surface area contributed by atoms with Crippen molar-refractivity contribution in [2.45, 2.75) is 31.2 Å². The van der Waals surface area contributed by atoms with Crippen molar-refractivity contribution in [3.63, 3.8) is 0 Å². The molecule has 0 aromatic heterocycles. The lowest BCUT2D eigenvalue weighted by Crippen LogP contribution is -2.66. The van der Waals surface area contributed by atoms with Crippen molar-refractivity contribution in [3.05, 3.63) is 29.3 Å². The Bertz CT molecular complexity index is 1020. The lowest BCUT2D eigenvalue weighted by Gasteiger charge is -2.39. The van der Waals surface area contributed by atoms with Crippen molar-refractivity contribution >= 4 is 29.1 Å². The molecule has 2 aliphatic rings. The molecule has 152 valence electrons. The average molecular weight is 418 g/mol. The van der Waals surface area contributed by atoms with Gasteiger partial charge in [-0.3, -0.25) is 14.4 Å². The normalized spacial score (nSPS) is 22.6. The fourth-order valence-corrected chi connectivity index (χ4v) is 3.02. The first-order chi connectivity index (χ1) is 13.2. The molecule has 0 aliphatic carbocycles. The molecule has 3 amide bonds. The van der Waals surface area contributed by atoms with Gasteiger partial charge in [0.2, 0.25) is 0 Å². The van der Waals surface area contributed by atoms with E-state index in [9.17, 15) is 40.7 Å². The molecule has 1 aromatic rings. The van der Waals surface area contributed by atoms with Crippen LogP contribution in [0.3, 0.4) is 0 Å². The molecule has 1 aromatic carbocycles. The Hall–Kier alpha value is -3.43. The number of imide groups is 1. The number of nitriles is 1. The SMILES string of the molecule is C[C@@]12CC(C(F)(F)F)=NN1C(=O)C(=O)N(c1ccc(C#N)c(C(F)(F)F)c1)C2=O. The summed E-state index contributed by atoms with van der Waals surface area (Å²) in [5.41, 5.74) is -6.71. The molecule has 0 N–H and O–H groups in total. The molecule has 3 rings (SSSR count). The molecule has 2 aliphatic heterocycles. The van der Waals surface area contributed by atoms with Gasteiger partial charge in [0.25, 0.3) is 5.91 Å². The van der Waals surface area contributed by atoms with Crippen LogP contribution in [0.5, 0.6) is 0 Å². The van der Waals surface area contributed by atoms with Crippen molar-refractivity contribution in [1.82, 2.24) is 5.01 Å². The Morgan fingerprint density at radius 3 is 2.21 bits per heavy atom. The van der Waals surface area contributed by atoms with Crippen LogP contribution >= 0.6 is 0 Å². The predicted molar refractivity (Wildman–Crippen MR) is 82.0 cm³/mol. The number of nitrogens with zero attached hydrogens (tertiary/aromatic N) is 4. The molecular formula is C16H8F6N4O3. The second kappa shape index (κ2) is 6.03. The fraction of sp³-hybridized carbons (Fsp3) is 0.312. The molecule has 0 unspecified atom stereocenters. The van der Waals surface area contributed by atoms with Crippen molar-refractivity contribution < 1.29 is 40.7 Å². The van der Waals surface area contributed by atoms with Gasteiger partial charge in [-0.15, -0.1) is 0 Å². The van der Waals surface area contributed by atoms with Crippen LogP contribution in [0.1, 0.15) is 24.5 Å². The monoisotopic (exact) mass is 418 g/mol. The largest absolute Gasteiger partial charge is 0.431 e. The lowest BCUT2D eigenvalue weighted by molar-refractivity contribution is -0.157. The number of carbonyl (C=O) groups is 3. The van der Waals surface area contributed by atoms with Crippen molar-refractivity contribution in [3.8, 4) is 6.07 Å². The summed E-state index contributed by atoms with van der Waals surface area (Å²) in [4.78, 5) is 37.4. The molecule has 1 saturated heterocycles. The maximum absolute atomic E-state index is 13.2. The summed E-state index contributed by atoms with van der Waals surface area (Å²) in [5.74, 6) is -4.63. The molecule has 0 radical (unpaired) electrons. The standard InChI is InChI=1S/C16H8F6N4O3/c1-14-5-10(16(20,21)22)24-26(14)12(28)11(27)25(13(14)29)8-3-2-7(6-23)9(4-8)15(17,18)19/h2-4H,5H2,1H3/t14-/m0/s1. The topological polar surface area (TPSA) is 93.8 Å². The van der Waals surface area contributed by atoms with E-state index in [-0.39, 0.29) is 9.91 Å². The molecule has 13 heteroatoms. The van der Waals surface area contributed by atoms with Crippen molar-refractivity contribution in [2.75, 3.05) is 4.90 Å². The highest BCUT2D eigenvalue weighted by atomic mass is 19.4. The van der Waals surface area contributed by atoms with Crippen LogP contribution < -0.4 is 4.90 Å². The second-order valence-corrected chi connectivity index (χ2v) is 6.40. The summed E-state index contributed by atoms with van der Waals surface area (Å²) >= 11 is 0. The number of fused-ring (bicyclic) bond motifs is 1. The lowest BCUT2D eigenvalue weighted by atomic mass is 9.90. The fourth-order valence-electron chi connectivity index (χ4n) is 3.02. The highest BCUT2D eigenvalue weighted by molar-refractivity contribution is 6.49. The van der Waals surface area contributed by atoms with Crippen LogP contribution in [-0.2, 0) is 20.6 Å². The quantitative estimate of drug-likeness (QED) is 0.398. The minimum Gasteiger partial charge on any atom is -0.271 e. The predicted octanol–water partition coefficient (Wildman–Crippen LogP) is 2.36. The van der Waals surface area contributed by atoms with Gasteiger partial charge < -0.3 is 0 Å². The van der Waals surface area contributed by atoms with Gasteiger partial charge in [0.1, 0.15) is 11.3 Å². The van der Waals surface area contributed by atoms with E-state index in [1.807, 2.05) is 0 Å². The van der Waals surface area contributed by atoms with E-state index in [1.165, 1.54) is 6.07 Å². The number of anilines is 1. The number of hydrogen-bond donors (Lipinski definition) is 0. The summed E-state index contributed by atoms with van der Waals surface area (Å²) in [6, 6.07) is 3.11. The molecule has 7 nitrogen and oxygen atoms in total. The molecule has 29 heavy (non-hydrogen) atoms. The minimum absolute atomic E-state index is 0.0735. The van der Waals surface area contributed by atoms with Gasteiger partial charge in [0.15, 0.2) is 0 Å². The highest BCUT2D eigenvalue weighted by Crippen LogP contribution is 2.41. The van der Waals surface area contributed by atoms with Crippen LogP contribution in [0.4, 0.5) is 32.0 Å². The van der Waals surface area contributed by atoms with E-state index >= 15 is 0 Å². The summed E-state index contributed by atoms with van der Waals surface area (Å²) in [7, 11) is 0. The van der Waals surface area contributed by atoms with Crippen LogP contribution in [0.2, 0.25) is 0 Å². The number of halogens is 6. The zero-order valence-electron chi connectivity index (χ0n) is 14.2. The Kier molecular flexibility index (Phi) is 4.22. The van der Waals surface area contributed by atoms with Gasteiger partial charge >= 0.3 is 24.2 Å². The van der Waals surface area contributed by atoms with Crippen LogP contribution in [0.25, 0.3) is 0 Å². The first-order valence-electron chi connectivity index (χ1n) is 7.71. The smallest absolute Gasteiger partial charge is 0.271 e. The molecule has 2 heterocycles. The summed E-state index contributed by atoms with van der Waals surface area (Å²) in [6.45, 7) is 0.920. The molecule has 1 fully saturated rings. The third kappa shape index (κ3) is 3.00. The maximum Gasteiger partial charge on any atom is 0.431 e. The van der Waals surface area contributed by atoms with E-state index < -0.39 is 64.6 Å². The molecule has 0 spiro atoms. The van der Waals surface area contributed by atoms with Gasteiger partial charge in [-0.1, -0.05) is 0 Å². The summed E-state index contributed by atoms with van der Waals surface area (Å²) in [6.07, 6.45) is -11.1. The molecular weight excluding hydrogens is 410 g/mol. The number of benzene rings is 1. The number of rotatable bonds is 1. The number of carbonyl (C=O) groups excluding carboxylic acids is 3. The van der Waals surface area contributed by atoms with Crippen molar-refractivity contribution in [2.24, 2.45) is 5.10 Å². The molecule has 0 saturated carbocycles. The van der Waals surface area contributed by atoms with Gasteiger partial charge in [-0.25, -0.2) is 9.91 Å². The Balaban J connectivity index is 2.11. The van der Waals surface area contributed by atoms with Gasteiger partial charge in [-0.2, -0.15) is 36.7 Å². The van der Waals surface area contributed by atoms with E-state index in [0.717, 1.165) is 13.0 Å². The van der Waals surface area contributed by atoms with Gasteiger partial charge in [-0.05, 0) is 25.1 Å². The zero-order valence-corrected chi connectivity index (χ0v) is 14.2. The van der Waals surface area contributed by atoms with E-state index in [1.54, 1.807) is 0 Å². The van der Waals surface area contributed by atoms with Gasteiger partial charge in [0.05, 0.1) is 22.9 Å². The van der Waals surface area contributed by atoms with E-state index in [0.29, 0.717) is 12.1 Å². The van der Waals surface area contributed by atoms with Crippen LogP contribution in [0.15, 0.2) is 23.3 Å². The number of hydrogen-bond acceptors (Lipinski definition) is 5. The maximum atomic E-state index is 13.2. The van der Waals surface area contributed by atoms with E-state index in [2.05, 4.69) is 5.10 Å². The number of hydrazone groups is 1. The highest BCUT2D eigenvalue weighted by Gasteiger charge is 2.61. The average Bonchev–Trinajstić information content (AvgIpc) is 2.99. The first kappa shape index (κ1) is 20.3. The van der Waals surface area contributed by atoms with Gasteiger partial charge in [0, 0.05) is 6.42 Å². The first-order valence-corrected chi connectivity index (χ1v) is 7.71. The van der Waals surface area contributed by atoms with Crippen LogP contribution in [-0.4, -0.2) is 40.2 Å². The second-order valence-electron chi connectivity index (χ2n) is 6.40. The number of piperazine rings is 1. The van der Waals surface area contributed by atoms with Crippen LogP contribution in [0, 0.1) is 11.3 Å². The van der Waals surface area contributed by atoms with E-state index in [4.69, 9.17) is 5.26 Å². The third-order valence-electron chi connectivity index (χ3n) is 4.46. The Morgan fingerprint density at radius 2 is 1.69 bits per heavy atom. The Morgan fingerprint density at radius 1 is 1.07 bits per heavy atom. The summed E-state index contributed by atoms with van der Waals surface area (Å²) < 4.78 is 78.4. The molecule has 0 bridgehead atoms. The Labute approximate surface area is 157 Å². The number of alkyl halides is 6. The third-order valence-corrected chi connectivity index (χ3v) is 4.46.